The van der Waals surface area contributed by atoms with Crippen LogP contribution in [0.2, 0.25) is 0 Å². The van der Waals surface area contributed by atoms with Crippen molar-refractivity contribution < 1.29 is 0 Å². The Morgan fingerprint density at radius 1 is 0.649 bits per heavy atom. The Kier molecular flexibility index (Phi) is 14.2. The number of aryl methyl sites for hydroxylation is 1. The van der Waals surface area contributed by atoms with Gasteiger partial charge in [-0.2, -0.15) is 0 Å². The average molecular weight is 753 g/mol. The lowest BCUT2D eigenvalue weighted by Gasteiger charge is -2.31. The number of hydrogen-bond donors (Lipinski definition) is 0. The fourth-order valence-electron chi connectivity index (χ4n) is 10.0. The van der Waals surface area contributed by atoms with Crippen LogP contribution in [0.15, 0.2) is 190 Å². The second-order valence-electron chi connectivity index (χ2n) is 18.2. The SMILES string of the molecule is CC1=CC(CC(c2cccc(C)c2)C(C)C2=CC=C(C=CC3=CC=C(C=CC4=CC=C(CCC(C5=CC(C)CC=C5)C5C=C(C)C=CC5)CC4)CC3)CC2)CC=C1. The van der Waals surface area contributed by atoms with E-state index in [0.29, 0.717) is 35.5 Å². The predicted octanol–water partition coefficient (Wildman–Crippen LogP) is 16.1. The van der Waals surface area contributed by atoms with Gasteiger partial charge < -0.3 is 0 Å². The highest BCUT2D eigenvalue weighted by atomic mass is 14.3. The van der Waals surface area contributed by atoms with Crippen LogP contribution in [-0.2, 0) is 0 Å². The topological polar surface area (TPSA) is 0 Å². The van der Waals surface area contributed by atoms with Crippen LogP contribution in [0.5, 0.6) is 0 Å². The molecule has 7 rings (SSSR count). The van der Waals surface area contributed by atoms with Crippen molar-refractivity contribution in [2.45, 2.75) is 118 Å². The number of allylic oxidation sites excluding steroid dienone is 28. The summed E-state index contributed by atoms with van der Waals surface area (Å²) in [6.45, 7) is 11.6. The van der Waals surface area contributed by atoms with Crippen molar-refractivity contribution in [2.75, 3.05) is 0 Å². The van der Waals surface area contributed by atoms with Gasteiger partial charge in [0.15, 0.2) is 0 Å². The second kappa shape index (κ2) is 19.8. The standard InChI is InChI=1S/C57H68/c1-41-10-6-14-51(36-41)40-57(55-17-9-13-44(4)39-55)45(5)52-33-30-50(31-34-52)29-26-47-21-18-46(19-22-47)20-23-48-24-27-49(28-25-48)32-35-56(53-15-7-11-42(2)37-53)54-16-8-12-43(3)38-54/h6-11,13,16-18,20-21,23-24,26-27,29-30,33,36-39,43,45,51,53,56-57H,12,14-15,19,22,25,28,31-32,34-35,40H2,1-5H3. The lowest BCUT2D eigenvalue weighted by Crippen LogP contribution is -2.18. The van der Waals surface area contributed by atoms with E-state index in [2.05, 4.69) is 174 Å². The van der Waals surface area contributed by atoms with Gasteiger partial charge in [-0.1, -0.05) is 181 Å². The second-order valence-corrected chi connectivity index (χ2v) is 18.2. The van der Waals surface area contributed by atoms with Gasteiger partial charge in [0.2, 0.25) is 0 Å². The molecule has 296 valence electrons. The van der Waals surface area contributed by atoms with E-state index >= 15 is 0 Å². The van der Waals surface area contributed by atoms with E-state index in [1.54, 1.807) is 16.7 Å². The number of hydrogen-bond acceptors (Lipinski definition) is 0. The normalized spacial score (nSPS) is 25.4. The first-order chi connectivity index (χ1) is 27.8. The van der Waals surface area contributed by atoms with Crippen molar-refractivity contribution in [1.82, 2.24) is 0 Å². The van der Waals surface area contributed by atoms with Gasteiger partial charge in [0.25, 0.3) is 0 Å². The zero-order valence-corrected chi connectivity index (χ0v) is 35.7. The summed E-state index contributed by atoms with van der Waals surface area (Å²) in [7, 11) is 0. The number of benzene rings is 1. The lowest BCUT2D eigenvalue weighted by molar-refractivity contribution is 0.418. The Morgan fingerprint density at radius 2 is 1.28 bits per heavy atom. The first kappa shape index (κ1) is 40.8. The molecule has 0 saturated carbocycles. The molecule has 0 heterocycles. The first-order valence-corrected chi connectivity index (χ1v) is 22.4. The predicted molar refractivity (Wildman–Crippen MR) is 248 cm³/mol. The van der Waals surface area contributed by atoms with Gasteiger partial charge >= 0.3 is 0 Å². The van der Waals surface area contributed by atoms with Gasteiger partial charge in [0, 0.05) is 0 Å². The zero-order valence-electron chi connectivity index (χ0n) is 35.7. The molecule has 0 heteroatoms. The molecule has 0 amide bonds. The lowest BCUT2D eigenvalue weighted by atomic mass is 9.73. The van der Waals surface area contributed by atoms with Crippen molar-refractivity contribution in [3.05, 3.63) is 201 Å². The molecule has 6 atom stereocenters. The third-order valence-electron chi connectivity index (χ3n) is 13.5. The van der Waals surface area contributed by atoms with Gasteiger partial charge in [-0.3, -0.25) is 0 Å². The minimum atomic E-state index is 0.531. The molecule has 1 aromatic rings. The number of rotatable bonds is 14. The molecule has 0 nitrogen and oxygen atoms in total. The molecule has 1 aromatic carbocycles. The van der Waals surface area contributed by atoms with Crippen molar-refractivity contribution in [3.8, 4) is 0 Å². The van der Waals surface area contributed by atoms with E-state index < -0.39 is 0 Å². The molecule has 0 spiro atoms. The fourth-order valence-corrected chi connectivity index (χ4v) is 10.0. The fraction of sp³-hybridized carbons (Fsp3) is 0.404. The molecule has 0 radical (unpaired) electrons. The average Bonchev–Trinajstić information content (AvgIpc) is 3.22. The molecule has 0 aliphatic heterocycles. The monoisotopic (exact) mass is 753 g/mol. The molecule has 0 aromatic heterocycles. The molecule has 6 aliphatic carbocycles. The van der Waals surface area contributed by atoms with Crippen LogP contribution in [0.1, 0.15) is 122 Å². The maximum atomic E-state index is 2.55. The van der Waals surface area contributed by atoms with Gasteiger partial charge in [-0.05, 0) is 167 Å². The van der Waals surface area contributed by atoms with E-state index in [1.165, 1.54) is 83.1 Å². The van der Waals surface area contributed by atoms with Gasteiger partial charge in [-0.15, -0.1) is 0 Å². The Balaban J connectivity index is 0.924. The quantitative estimate of drug-likeness (QED) is 0.178. The highest BCUT2D eigenvalue weighted by Gasteiger charge is 2.27. The molecule has 6 aliphatic rings. The molecule has 0 N–H and O–H groups in total. The Morgan fingerprint density at radius 3 is 1.88 bits per heavy atom. The molecule has 6 unspecified atom stereocenters. The van der Waals surface area contributed by atoms with E-state index in [0.717, 1.165) is 38.5 Å². The summed E-state index contributed by atoms with van der Waals surface area (Å²) in [5.74, 6) is 3.57. The van der Waals surface area contributed by atoms with Crippen molar-refractivity contribution in [2.24, 2.45) is 29.6 Å². The largest absolute Gasteiger partial charge is 0.0837 e. The highest BCUT2D eigenvalue weighted by Crippen LogP contribution is 2.41. The maximum absolute atomic E-state index is 2.55. The van der Waals surface area contributed by atoms with Crippen LogP contribution in [-0.4, -0.2) is 0 Å². The summed E-state index contributed by atoms with van der Waals surface area (Å²) in [6.07, 6.45) is 59.6. The zero-order chi connectivity index (χ0) is 39.6. The van der Waals surface area contributed by atoms with Crippen molar-refractivity contribution >= 4 is 0 Å². The Hall–Kier alpha value is -4.42. The van der Waals surface area contributed by atoms with Crippen molar-refractivity contribution in [3.63, 3.8) is 0 Å². The molecule has 57 heavy (non-hydrogen) atoms. The molecule has 0 saturated heterocycles. The summed E-state index contributed by atoms with van der Waals surface area (Å²) >= 11 is 0. The molecule has 0 fully saturated rings. The molecular formula is C57H68. The van der Waals surface area contributed by atoms with Crippen LogP contribution >= 0.6 is 0 Å². The molecule has 0 bridgehead atoms. The minimum Gasteiger partial charge on any atom is -0.0837 e. The van der Waals surface area contributed by atoms with Crippen molar-refractivity contribution in [1.29, 1.82) is 0 Å². The summed E-state index contributed by atoms with van der Waals surface area (Å²) in [5.41, 5.74) is 16.3. The Labute approximate surface area is 346 Å². The summed E-state index contributed by atoms with van der Waals surface area (Å²) < 4.78 is 0. The van der Waals surface area contributed by atoms with Crippen LogP contribution in [0, 0.1) is 36.5 Å². The van der Waals surface area contributed by atoms with E-state index in [-0.39, 0.29) is 0 Å². The van der Waals surface area contributed by atoms with Crippen LogP contribution in [0.4, 0.5) is 0 Å². The van der Waals surface area contributed by atoms with Crippen LogP contribution < -0.4 is 0 Å². The third-order valence-corrected chi connectivity index (χ3v) is 13.5. The van der Waals surface area contributed by atoms with Gasteiger partial charge in [-0.25, -0.2) is 0 Å². The first-order valence-electron chi connectivity index (χ1n) is 22.4. The summed E-state index contributed by atoms with van der Waals surface area (Å²) in [6, 6.07) is 9.27. The van der Waals surface area contributed by atoms with E-state index in [4.69, 9.17) is 0 Å². The van der Waals surface area contributed by atoms with Gasteiger partial charge in [0.05, 0.1) is 0 Å². The smallest absolute Gasteiger partial charge is 0.00931 e. The van der Waals surface area contributed by atoms with Crippen LogP contribution in [0.3, 0.4) is 0 Å². The summed E-state index contributed by atoms with van der Waals surface area (Å²) in [5, 5.41) is 0. The minimum absolute atomic E-state index is 0.531. The van der Waals surface area contributed by atoms with E-state index in [1.807, 2.05) is 0 Å². The third kappa shape index (κ3) is 11.6. The highest BCUT2D eigenvalue weighted by molar-refractivity contribution is 5.42. The van der Waals surface area contributed by atoms with Gasteiger partial charge in [0.1, 0.15) is 0 Å². The Bertz CT molecular complexity index is 2060. The van der Waals surface area contributed by atoms with Crippen LogP contribution in [0.25, 0.3) is 0 Å². The summed E-state index contributed by atoms with van der Waals surface area (Å²) in [4.78, 5) is 0. The maximum Gasteiger partial charge on any atom is -0.00931 e. The molecular weight excluding hydrogens is 685 g/mol. The van der Waals surface area contributed by atoms with E-state index in [9.17, 15) is 0 Å².